The number of aromatic nitrogens is 2. The molecule has 0 radical (unpaired) electrons. The van der Waals surface area contributed by atoms with Gasteiger partial charge in [-0.1, -0.05) is 38.0 Å². The van der Waals surface area contributed by atoms with Crippen molar-refractivity contribution in [2.75, 3.05) is 0 Å². The van der Waals surface area contributed by atoms with Crippen molar-refractivity contribution in [3.05, 3.63) is 35.5 Å². The maximum absolute atomic E-state index is 5.18. The third-order valence-electron chi connectivity index (χ3n) is 3.91. The Hall–Kier alpha value is -1.58. The van der Waals surface area contributed by atoms with E-state index < -0.39 is 0 Å². The summed E-state index contributed by atoms with van der Waals surface area (Å²) in [5.41, 5.74) is 2.22. The van der Waals surface area contributed by atoms with E-state index in [1.54, 1.807) is 12.5 Å². The molecule has 2 aromatic heterocycles. The molecule has 104 valence electrons. The molecule has 0 saturated carbocycles. The van der Waals surface area contributed by atoms with Gasteiger partial charge in [-0.2, -0.15) is 0 Å². The Labute approximate surface area is 114 Å². The van der Waals surface area contributed by atoms with Crippen molar-refractivity contribution in [1.29, 1.82) is 0 Å². The first-order valence-corrected chi connectivity index (χ1v) is 6.65. The van der Waals surface area contributed by atoms with Gasteiger partial charge in [-0.05, 0) is 25.2 Å². The van der Waals surface area contributed by atoms with Crippen molar-refractivity contribution in [3.63, 3.8) is 0 Å². The summed E-state index contributed by atoms with van der Waals surface area (Å²) in [6.45, 7) is 10.8. The maximum Gasteiger partial charge on any atom is 0.133 e. The van der Waals surface area contributed by atoms with Gasteiger partial charge in [0.25, 0.3) is 0 Å². The van der Waals surface area contributed by atoms with E-state index in [1.165, 1.54) is 0 Å². The monoisotopic (exact) mass is 262 g/mol. The quantitative estimate of drug-likeness (QED) is 0.817. The van der Waals surface area contributed by atoms with Crippen LogP contribution < -0.4 is 0 Å². The van der Waals surface area contributed by atoms with Crippen LogP contribution in [-0.2, 0) is 10.8 Å². The second-order valence-electron chi connectivity index (χ2n) is 6.50. The molecule has 2 heterocycles. The number of rotatable bonds is 5. The molecule has 4 heteroatoms. The summed E-state index contributed by atoms with van der Waals surface area (Å²) >= 11 is 0. The van der Waals surface area contributed by atoms with Crippen molar-refractivity contribution in [3.8, 4) is 0 Å². The molecule has 0 unspecified atom stereocenters. The molecule has 0 atom stereocenters. The predicted molar refractivity (Wildman–Crippen MR) is 73.0 cm³/mol. The predicted octanol–water partition coefficient (Wildman–Crippen LogP) is 4.01. The second-order valence-corrected chi connectivity index (χ2v) is 6.50. The van der Waals surface area contributed by atoms with Gasteiger partial charge in [-0.25, -0.2) is 0 Å². The van der Waals surface area contributed by atoms with Crippen LogP contribution in [0.2, 0.25) is 0 Å². The fourth-order valence-electron chi connectivity index (χ4n) is 2.12. The van der Waals surface area contributed by atoms with Gasteiger partial charge in [0, 0.05) is 17.0 Å². The largest absolute Gasteiger partial charge is 0.364 e. The Balaban J connectivity index is 2.05. The smallest absolute Gasteiger partial charge is 0.133 e. The Morgan fingerprint density at radius 2 is 1.79 bits per heavy atom. The minimum Gasteiger partial charge on any atom is -0.364 e. The van der Waals surface area contributed by atoms with Crippen LogP contribution in [0.25, 0.3) is 0 Å². The lowest BCUT2D eigenvalue weighted by molar-refractivity contribution is 0.335. The van der Waals surface area contributed by atoms with Crippen LogP contribution in [0.5, 0.6) is 0 Å². The van der Waals surface area contributed by atoms with E-state index in [-0.39, 0.29) is 10.8 Å². The SMILES string of the molecule is Cc1cc(C(C)(C)CCC(C)(C)c2cnoc2)no1. The third kappa shape index (κ3) is 3.06. The summed E-state index contributed by atoms with van der Waals surface area (Å²) in [7, 11) is 0. The van der Waals surface area contributed by atoms with E-state index in [0.29, 0.717) is 0 Å². The first-order chi connectivity index (χ1) is 8.81. The van der Waals surface area contributed by atoms with E-state index in [9.17, 15) is 0 Å². The summed E-state index contributed by atoms with van der Waals surface area (Å²) in [5, 5.41) is 7.94. The molecule has 2 rings (SSSR count). The normalized spacial score (nSPS) is 12.9. The topological polar surface area (TPSA) is 52.1 Å². The highest BCUT2D eigenvalue weighted by Gasteiger charge is 2.30. The average Bonchev–Trinajstić information content (AvgIpc) is 2.97. The molecule has 0 N–H and O–H groups in total. The molecule has 0 aliphatic rings. The van der Waals surface area contributed by atoms with Gasteiger partial charge in [-0.15, -0.1) is 0 Å². The van der Waals surface area contributed by atoms with Crippen LogP contribution in [0.4, 0.5) is 0 Å². The minimum absolute atomic E-state index is 0.00615. The summed E-state index contributed by atoms with van der Waals surface area (Å²) < 4.78 is 10.1. The maximum atomic E-state index is 5.18. The zero-order valence-corrected chi connectivity index (χ0v) is 12.4. The molecule has 0 spiro atoms. The van der Waals surface area contributed by atoms with E-state index in [1.807, 2.05) is 13.0 Å². The van der Waals surface area contributed by atoms with Crippen LogP contribution in [0.3, 0.4) is 0 Å². The van der Waals surface area contributed by atoms with E-state index >= 15 is 0 Å². The van der Waals surface area contributed by atoms with E-state index in [2.05, 4.69) is 38.0 Å². The summed E-state index contributed by atoms with van der Waals surface area (Å²) in [5.74, 6) is 0.862. The highest BCUT2D eigenvalue weighted by Crippen LogP contribution is 2.35. The van der Waals surface area contributed by atoms with Crippen molar-refractivity contribution in [2.24, 2.45) is 0 Å². The Bertz CT molecular complexity index is 524. The number of aryl methyl sites for hydroxylation is 1. The molecule has 0 aliphatic carbocycles. The number of hydrogen-bond acceptors (Lipinski definition) is 4. The van der Waals surface area contributed by atoms with Gasteiger partial charge in [0.1, 0.15) is 12.0 Å². The number of nitrogens with zero attached hydrogens (tertiary/aromatic N) is 2. The molecule has 4 nitrogen and oxygen atoms in total. The summed E-state index contributed by atoms with van der Waals surface area (Å²) in [6.07, 6.45) is 5.59. The van der Waals surface area contributed by atoms with Crippen molar-refractivity contribution >= 4 is 0 Å². The van der Waals surface area contributed by atoms with Crippen LogP contribution >= 0.6 is 0 Å². The van der Waals surface area contributed by atoms with Gasteiger partial charge in [-0.3, -0.25) is 0 Å². The standard InChI is InChI=1S/C15H22N2O2/c1-11-8-13(17-19-11)15(4,5)7-6-14(2,3)12-9-16-18-10-12/h8-10H,6-7H2,1-5H3. The Kier molecular flexibility index (Phi) is 3.52. The van der Waals surface area contributed by atoms with Gasteiger partial charge in [0.05, 0.1) is 11.9 Å². The van der Waals surface area contributed by atoms with Crippen LogP contribution in [-0.4, -0.2) is 10.3 Å². The molecule has 2 aromatic rings. The molecule has 0 amide bonds. The fourth-order valence-corrected chi connectivity index (χ4v) is 2.12. The highest BCUT2D eigenvalue weighted by molar-refractivity contribution is 5.18. The van der Waals surface area contributed by atoms with Crippen LogP contribution in [0.1, 0.15) is 57.6 Å². The lowest BCUT2D eigenvalue weighted by Gasteiger charge is -2.29. The lowest BCUT2D eigenvalue weighted by atomic mass is 9.75. The molecular formula is C15H22N2O2. The zero-order chi connectivity index (χ0) is 14.1. The fraction of sp³-hybridized carbons (Fsp3) is 0.600. The van der Waals surface area contributed by atoms with Gasteiger partial charge >= 0.3 is 0 Å². The molecule has 19 heavy (non-hydrogen) atoms. The Morgan fingerprint density at radius 1 is 1.11 bits per heavy atom. The second kappa shape index (κ2) is 4.83. The van der Waals surface area contributed by atoms with Crippen LogP contribution in [0, 0.1) is 6.92 Å². The van der Waals surface area contributed by atoms with Gasteiger partial charge < -0.3 is 9.05 Å². The summed E-state index contributed by atoms with van der Waals surface area (Å²) in [6, 6.07) is 2.02. The highest BCUT2D eigenvalue weighted by atomic mass is 16.5. The minimum atomic E-state index is 0.00615. The average molecular weight is 262 g/mol. The zero-order valence-electron chi connectivity index (χ0n) is 12.4. The Morgan fingerprint density at radius 3 is 2.32 bits per heavy atom. The van der Waals surface area contributed by atoms with Gasteiger partial charge in [0.15, 0.2) is 0 Å². The molecule has 0 fully saturated rings. The lowest BCUT2D eigenvalue weighted by Crippen LogP contribution is -2.24. The van der Waals surface area contributed by atoms with Gasteiger partial charge in [0.2, 0.25) is 0 Å². The molecular weight excluding hydrogens is 240 g/mol. The van der Waals surface area contributed by atoms with Crippen LogP contribution in [0.15, 0.2) is 27.6 Å². The first kappa shape index (κ1) is 13.8. The molecule has 0 aromatic carbocycles. The molecule has 0 bridgehead atoms. The van der Waals surface area contributed by atoms with E-state index in [4.69, 9.17) is 9.05 Å². The first-order valence-electron chi connectivity index (χ1n) is 6.65. The molecule has 0 aliphatic heterocycles. The molecule has 0 saturated heterocycles. The summed E-state index contributed by atoms with van der Waals surface area (Å²) in [4.78, 5) is 0. The van der Waals surface area contributed by atoms with E-state index in [0.717, 1.165) is 29.9 Å². The van der Waals surface area contributed by atoms with Crippen molar-refractivity contribution in [2.45, 2.75) is 58.3 Å². The van der Waals surface area contributed by atoms with Crippen molar-refractivity contribution < 1.29 is 9.05 Å². The number of hydrogen-bond donors (Lipinski definition) is 0. The van der Waals surface area contributed by atoms with Crippen molar-refractivity contribution in [1.82, 2.24) is 10.3 Å². The third-order valence-corrected chi connectivity index (χ3v) is 3.91.